The Bertz CT molecular complexity index is 1540. The molecule has 1 saturated heterocycles. The van der Waals surface area contributed by atoms with Crippen LogP contribution in [0.1, 0.15) is 25.7 Å². The molecule has 1 saturated carbocycles. The molecule has 4 amide bonds. The van der Waals surface area contributed by atoms with Gasteiger partial charge in [0.2, 0.25) is 17.7 Å². The fourth-order valence-electron chi connectivity index (χ4n) is 4.98. The van der Waals surface area contributed by atoms with E-state index in [-0.39, 0.29) is 36.3 Å². The van der Waals surface area contributed by atoms with Crippen LogP contribution in [0.5, 0.6) is 11.6 Å². The number of urea groups is 1. The van der Waals surface area contributed by atoms with Crippen LogP contribution in [0.3, 0.4) is 0 Å². The van der Waals surface area contributed by atoms with Crippen LogP contribution in [0.2, 0.25) is 0 Å². The zero-order valence-corrected chi connectivity index (χ0v) is 23.5. The molecule has 2 heterocycles. The van der Waals surface area contributed by atoms with Crippen LogP contribution in [0.25, 0.3) is 0 Å². The van der Waals surface area contributed by atoms with Gasteiger partial charge in [-0.15, -0.1) is 0 Å². The van der Waals surface area contributed by atoms with E-state index in [0.717, 1.165) is 42.3 Å². The van der Waals surface area contributed by atoms with Gasteiger partial charge in [0.15, 0.2) is 17.4 Å². The molecule has 11 nitrogen and oxygen atoms in total. The van der Waals surface area contributed by atoms with Gasteiger partial charge in [-0.2, -0.15) is 0 Å². The third kappa shape index (κ3) is 6.23. The third-order valence-corrected chi connectivity index (χ3v) is 7.73. The summed E-state index contributed by atoms with van der Waals surface area (Å²) in [5, 5.41) is 2.66. The van der Waals surface area contributed by atoms with Gasteiger partial charge < -0.3 is 20.3 Å². The zero-order chi connectivity index (χ0) is 30.9. The Kier molecular flexibility index (Phi) is 8.22. The molecular formula is C29H30F3N7O4. The lowest BCUT2D eigenvalue weighted by molar-refractivity contribution is -0.133. The van der Waals surface area contributed by atoms with E-state index in [1.54, 1.807) is 4.90 Å². The normalized spacial score (nSPS) is 16.1. The molecule has 1 aliphatic heterocycles. The van der Waals surface area contributed by atoms with Crippen molar-refractivity contribution in [2.75, 3.05) is 37.4 Å². The average molecular weight is 598 g/mol. The Hall–Kier alpha value is -4.72. The summed E-state index contributed by atoms with van der Waals surface area (Å²) in [6.45, 7) is 1.13. The number of ether oxygens (including phenoxy) is 1. The predicted octanol–water partition coefficient (Wildman–Crippen LogP) is 4.17. The molecule has 0 bridgehead atoms. The van der Waals surface area contributed by atoms with Gasteiger partial charge in [0.1, 0.15) is 23.4 Å². The van der Waals surface area contributed by atoms with Gasteiger partial charge in [0.05, 0.1) is 5.69 Å². The molecule has 3 aromatic rings. The number of halogens is 3. The van der Waals surface area contributed by atoms with Gasteiger partial charge >= 0.3 is 6.03 Å². The van der Waals surface area contributed by atoms with Crippen molar-refractivity contribution in [1.29, 1.82) is 0 Å². The first-order valence-electron chi connectivity index (χ1n) is 13.6. The lowest BCUT2D eigenvalue weighted by Crippen LogP contribution is -2.46. The fourth-order valence-corrected chi connectivity index (χ4v) is 4.98. The van der Waals surface area contributed by atoms with Crippen molar-refractivity contribution in [3.63, 3.8) is 0 Å². The van der Waals surface area contributed by atoms with Crippen LogP contribution in [-0.2, 0) is 9.59 Å². The van der Waals surface area contributed by atoms with E-state index >= 15 is 8.78 Å². The molecule has 14 heteroatoms. The van der Waals surface area contributed by atoms with Crippen LogP contribution in [0.4, 0.5) is 35.2 Å². The molecule has 226 valence electrons. The summed E-state index contributed by atoms with van der Waals surface area (Å²) in [5.74, 6) is -5.15. The molecule has 43 heavy (non-hydrogen) atoms. The number of nitrogens with one attached hydrogen (secondary N) is 1. The monoisotopic (exact) mass is 597 g/mol. The maximum atomic E-state index is 15.5. The van der Waals surface area contributed by atoms with Crippen molar-refractivity contribution in [3.05, 3.63) is 66.2 Å². The molecule has 5 rings (SSSR count). The number of carbonyl (C=O) groups is 3. The molecular weight excluding hydrogens is 567 g/mol. The molecule has 2 fully saturated rings. The predicted molar refractivity (Wildman–Crippen MR) is 150 cm³/mol. The number of aromatic nitrogens is 2. The maximum absolute atomic E-state index is 15.5. The minimum absolute atomic E-state index is 0.00742. The Morgan fingerprint density at radius 3 is 2.28 bits per heavy atom. The summed E-state index contributed by atoms with van der Waals surface area (Å²) in [7, 11) is 4.00. The highest BCUT2D eigenvalue weighted by molar-refractivity contribution is 6.16. The van der Waals surface area contributed by atoms with Crippen LogP contribution in [0.15, 0.2) is 48.8 Å². The van der Waals surface area contributed by atoms with E-state index in [2.05, 4.69) is 20.2 Å². The minimum atomic E-state index is -1.57. The number of carbonyl (C=O) groups excluding carboxylic acids is 3. The second-order valence-corrected chi connectivity index (χ2v) is 10.8. The number of nitrogens with two attached hydrogens (primary N) is 1. The van der Waals surface area contributed by atoms with Crippen molar-refractivity contribution >= 4 is 35.0 Å². The van der Waals surface area contributed by atoms with Crippen LogP contribution in [0, 0.1) is 22.9 Å². The van der Waals surface area contributed by atoms with E-state index in [1.807, 2.05) is 14.1 Å². The van der Waals surface area contributed by atoms with E-state index in [9.17, 15) is 18.8 Å². The number of hydrogen-bond acceptors (Lipinski definition) is 7. The minimum Gasteiger partial charge on any atom is -0.436 e. The number of rotatable bonds is 8. The molecule has 1 aliphatic carbocycles. The van der Waals surface area contributed by atoms with Crippen molar-refractivity contribution in [2.45, 2.75) is 31.7 Å². The Morgan fingerprint density at radius 2 is 1.67 bits per heavy atom. The first-order chi connectivity index (χ1) is 20.5. The summed E-state index contributed by atoms with van der Waals surface area (Å²) in [6, 6.07) is 7.22. The Balaban J connectivity index is 1.35. The molecule has 1 aromatic heterocycles. The second-order valence-electron chi connectivity index (χ2n) is 10.8. The van der Waals surface area contributed by atoms with E-state index < -0.39 is 46.1 Å². The average Bonchev–Trinajstić information content (AvgIpc) is 3.79. The smallest absolute Gasteiger partial charge is 0.323 e. The highest BCUT2D eigenvalue weighted by atomic mass is 19.1. The molecule has 2 aliphatic rings. The number of amides is 4. The third-order valence-electron chi connectivity index (χ3n) is 7.73. The van der Waals surface area contributed by atoms with Crippen molar-refractivity contribution < 1.29 is 32.3 Å². The van der Waals surface area contributed by atoms with Crippen LogP contribution < -0.4 is 20.7 Å². The summed E-state index contributed by atoms with van der Waals surface area (Å²) < 4.78 is 49.9. The van der Waals surface area contributed by atoms with Gasteiger partial charge in [-0.3, -0.25) is 19.8 Å². The summed E-state index contributed by atoms with van der Waals surface area (Å²) in [5.41, 5.74) is 3.36. The standard InChI is InChI=1S/C29H30F3N7O4/c1-37(2)18-7-11-38(12-8-18)28(42)36-24-15-25(35-16-34-24)43-23-14-20(31)22(13-21(23)32)39(19-5-3-17(30)4-6-19)27(41)29(9-10-29)26(33)40/h3-6,13-16,18H,7-12H2,1-2H3,(H2,33,40)(H,34,35,36,42). The lowest BCUT2D eigenvalue weighted by atomic mass is 10.0. The number of hydrogen-bond donors (Lipinski definition) is 2. The highest BCUT2D eigenvalue weighted by Gasteiger charge is 2.57. The number of anilines is 3. The van der Waals surface area contributed by atoms with Crippen LogP contribution >= 0.6 is 0 Å². The van der Waals surface area contributed by atoms with Crippen molar-refractivity contribution in [3.8, 4) is 11.6 Å². The van der Waals surface area contributed by atoms with Gasteiger partial charge in [-0.25, -0.2) is 27.9 Å². The number of piperidine rings is 1. The topological polar surface area (TPSA) is 134 Å². The van der Waals surface area contributed by atoms with Gasteiger partial charge in [-0.05, 0) is 64.0 Å². The van der Waals surface area contributed by atoms with Crippen molar-refractivity contribution in [2.24, 2.45) is 11.1 Å². The SMILES string of the molecule is CN(C)C1CCN(C(=O)Nc2cc(Oc3cc(F)c(N(C(=O)C4(C(N)=O)CC4)c4ccc(F)cc4)cc3F)ncn2)CC1. The Labute approximate surface area is 245 Å². The summed E-state index contributed by atoms with van der Waals surface area (Å²) in [4.78, 5) is 50.7. The van der Waals surface area contributed by atoms with Crippen LogP contribution in [-0.4, -0.2) is 70.8 Å². The largest absolute Gasteiger partial charge is 0.436 e. The molecule has 0 unspecified atom stereocenters. The lowest BCUT2D eigenvalue weighted by Gasteiger charge is -2.35. The summed E-state index contributed by atoms with van der Waals surface area (Å²) >= 11 is 0. The summed E-state index contributed by atoms with van der Waals surface area (Å²) in [6.07, 6.45) is 3.04. The molecule has 0 radical (unpaired) electrons. The highest BCUT2D eigenvalue weighted by Crippen LogP contribution is 2.49. The van der Waals surface area contributed by atoms with Crippen molar-refractivity contribution in [1.82, 2.24) is 19.8 Å². The van der Waals surface area contributed by atoms with E-state index in [0.29, 0.717) is 25.2 Å². The fraction of sp³-hybridized carbons (Fsp3) is 0.345. The molecule has 3 N–H and O–H groups in total. The molecule has 0 spiro atoms. The van der Waals surface area contributed by atoms with Gasteiger partial charge in [0, 0.05) is 43.0 Å². The first-order valence-corrected chi connectivity index (χ1v) is 13.6. The van der Waals surface area contributed by atoms with E-state index in [4.69, 9.17) is 10.5 Å². The quantitative estimate of drug-likeness (QED) is 0.372. The van der Waals surface area contributed by atoms with Gasteiger partial charge in [0.25, 0.3) is 0 Å². The zero-order valence-electron chi connectivity index (χ0n) is 23.5. The Morgan fingerprint density at radius 1 is 1.00 bits per heavy atom. The molecule has 2 aromatic carbocycles. The molecule has 0 atom stereocenters. The number of nitrogens with zero attached hydrogens (tertiary/aromatic N) is 5. The van der Waals surface area contributed by atoms with Gasteiger partial charge in [-0.1, -0.05) is 0 Å². The number of benzene rings is 2. The number of likely N-dealkylation sites (tertiary alicyclic amines) is 1. The first kappa shape index (κ1) is 29.8. The van der Waals surface area contributed by atoms with E-state index in [1.165, 1.54) is 18.2 Å². The maximum Gasteiger partial charge on any atom is 0.323 e. The second kappa shape index (κ2) is 11.9. The number of primary amides is 1.